The van der Waals surface area contributed by atoms with Crippen molar-refractivity contribution in [3.05, 3.63) is 89.5 Å². The summed E-state index contributed by atoms with van der Waals surface area (Å²) in [5.41, 5.74) is 3.25. The van der Waals surface area contributed by atoms with Gasteiger partial charge in [-0.1, -0.05) is 66.5 Å². The van der Waals surface area contributed by atoms with Crippen LogP contribution in [0.3, 0.4) is 0 Å². The monoisotopic (exact) mass is 694 g/mol. The van der Waals surface area contributed by atoms with Crippen molar-refractivity contribution in [2.45, 2.75) is 95.8 Å². The van der Waals surface area contributed by atoms with E-state index in [4.69, 9.17) is 9.47 Å². The molecule has 51 heavy (non-hydrogen) atoms. The molecule has 270 valence electrons. The molecule has 2 N–H and O–H groups in total. The van der Waals surface area contributed by atoms with Gasteiger partial charge in [0.1, 0.15) is 12.2 Å². The summed E-state index contributed by atoms with van der Waals surface area (Å²) in [6.07, 6.45) is 16.0. The molecule has 0 bridgehead atoms. The zero-order chi connectivity index (χ0) is 35.7. The number of alkyl carbamates (subject to hydrolysis) is 2. The highest BCUT2D eigenvalue weighted by Gasteiger charge is 2.24. The van der Waals surface area contributed by atoms with Gasteiger partial charge in [-0.05, 0) is 88.0 Å². The average molecular weight is 695 g/mol. The number of carbonyl (C=O) groups excluding carboxylic acids is 4. The van der Waals surface area contributed by atoms with Gasteiger partial charge in [0.15, 0.2) is 0 Å². The first kappa shape index (κ1) is 37.2. The molecule has 2 aliphatic carbocycles. The minimum absolute atomic E-state index is 0.0174. The SMILES string of the molecule is O=C(NCCN(CCNC(=O)OC1CC/C=C\CCC1)C(=O)CCC(=O)N1Cc2ccccc2C#Cc2ccccc21)OC1CC/C=C\CCC1. The van der Waals surface area contributed by atoms with Gasteiger partial charge in [-0.25, -0.2) is 9.59 Å². The van der Waals surface area contributed by atoms with Gasteiger partial charge in [0, 0.05) is 50.1 Å². The minimum Gasteiger partial charge on any atom is -0.446 e. The number of benzene rings is 2. The Bertz CT molecular complexity index is 1580. The second-order valence-corrected chi connectivity index (χ2v) is 13.2. The topological polar surface area (TPSA) is 117 Å². The highest BCUT2D eigenvalue weighted by Crippen LogP contribution is 2.26. The lowest BCUT2D eigenvalue weighted by molar-refractivity contribution is -0.133. The quantitative estimate of drug-likeness (QED) is 0.198. The number of nitrogens with zero attached hydrogens (tertiary/aromatic N) is 2. The van der Waals surface area contributed by atoms with Crippen molar-refractivity contribution >= 4 is 29.7 Å². The van der Waals surface area contributed by atoms with E-state index < -0.39 is 12.2 Å². The Morgan fingerprint density at radius 2 is 1.24 bits per heavy atom. The van der Waals surface area contributed by atoms with E-state index in [2.05, 4.69) is 46.8 Å². The number of hydrogen-bond donors (Lipinski definition) is 2. The number of para-hydroxylation sites is 1. The Hall–Kier alpha value is -5.04. The molecule has 0 aromatic heterocycles. The predicted molar refractivity (Wildman–Crippen MR) is 197 cm³/mol. The number of hydrogen-bond acceptors (Lipinski definition) is 6. The molecule has 3 aliphatic rings. The highest BCUT2D eigenvalue weighted by molar-refractivity contribution is 5.97. The first-order chi connectivity index (χ1) is 25.0. The molecule has 1 aliphatic heterocycles. The van der Waals surface area contributed by atoms with Gasteiger partial charge < -0.3 is 29.9 Å². The fourth-order valence-electron chi connectivity index (χ4n) is 6.53. The number of nitrogens with one attached hydrogen (secondary N) is 2. The molecule has 2 aromatic carbocycles. The Labute approximate surface area is 301 Å². The number of amides is 4. The van der Waals surface area contributed by atoms with E-state index in [9.17, 15) is 19.2 Å². The van der Waals surface area contributed by atoms with Crippen molar-refractivity contribution in [3.8, 4) is 11.8 Å². The standard InChI is InChI=1S/C41H50N4O6/c46-38(25-26-39(47)45-31-34-17-12-11-15-32(34)23-24-33-16-13-14-22-37(33)45)44(29-27-42-40(48)50-35-18-7-3-1-4-8-19-35)30-28-43-41(49)51-36-20-9-5-2-6-10-21-36/h1-3,5,11-17,22,35-36H,4,6-10,18-21,25-31H2,(H,42,48)(H,43,49)/b3-1-,5-2-. The molecule has 1 heterocycles. The summed E-state index contributed by atoms with van der Waals surface area (Å²) < 4.78 is 11.3. The van der Waals surface area contributed by atoms with Crippen molar-refractivity contribution in [2.24, 2.45) is 0 Å². The Morgan fingerprint density at radius 3 is 1.88 bits per heavy atom. The van der Waals surface area contributed by atoms with Crippen LogP contribution in [0.5, 0.6) is 0 Å². The van der Waals surface area contributed by atoms with Crippen LogP contribution in [0.25, 0.3) is 0 Å². The van der Waals surface area contributed by atoms with Gasteiger partial charge in [-0.2, -0.15) is 0 Å². The maximum atomic E-state index is 13.8. The minimum atomic E-state index is -0.512. The third kappa shape index (κ3) is 12.1. The predicted octanol–water partition coefficient (Wildman–Crippen LogP) is 6.77. The van der Waals surface area contributed by atoms with Crippen LogP contribution in [0.15, 0.2) is 72.8 Å². The lowest BCUT2D eigenvalue weighted by Crippen LogP contribution is -2.44. The first-order valence-corrected chi connectivity index (χ1v) is 18.4. The lowest BCUT2D eigenvalue weighted by Gasteiger charge is -2.27. The van der Waals surface area contributed by atoms with Crippen LogP contribution in [0.1, 0.15) is 93.7 Å². The number of rotatable bonds is 11. The molecule has 2 atom stereocenters. The smallest absolute Gasteiger partial charge is 0.407 e. The van der Waals surface area contributed by atoms with Gasteiger partial charge in [0.25, 0.3) is 0 Å². The summed E-state index contributed by atoms with van der Waals surface area (Å²) in [6.45, 7) is 1.05. The van der Waals surface area contributed by atoms with Crippen LogP contribution in [-0.4, -0.2) is 67.3 Å². The van der Waals surface area contributed by atoms with Crippen molar-refractivity contribution in [2.75, 3.05) is 31.1 Å². The maximum absolute atomic E-state index is 13.8. The molecule has 0 saturated heterocycles. The Morgan fingerprint density at radius 1 is 0.686 bits per heavy atom. The Balaban J connectivity index is 1.18. The molecule has 0 saturated carbocycles. The molecule has 10 nitrogen and oxygen atoms in total. The number of allylic oxidation sites excluding steroid dienone is 4. The van der Waals surface area contributed by atoms with Gasteiger partial charge in [-0.3, -0.25) is 9.59 Å². The summed E-state index contributed by atoms with van der Waals surface area (Å²) in [5.74, 6) is 5.98. The fraction of sp³-hybridized carbons (Fsp3) is 0.463. The summed E-state index contributed by atoms with van der Waals surface area (Å²) in [5, 5.41) is 5.57. The third-order valence-corrected chi connectivity index (χ3v) is 9.37. The van der Waals surface area contributed by atoms with E-state index in [1.54, 1.807) is 9.80 Å². The normalized spacial score (nSPS) is 19.6. The summed E-state index contributed by atoms with van der Waals surface area (Å²) >= 11 is 0. The van der Waals surface area contributed by atoms with Gasteiger partial charge >= 0.3 is 12.2 Å². The van der Waals surface area contributed by atoms with Crippen LogP contribution in [0.2, 0.25) is 0 Å². The summed E-state index contributed by atoms with van der Waals surface area (Å²) in [7, 11) is 0. The molecule has 4 amide bonds. The molecule has 0 radical (unpaired) electrons. The zero-order valence-corrected chi connectivity index (χ0v) is 29.4. The second-order valence-electron chi connectivity index (χ2n) is 13.2. The number of carbonyl (C=O) groups is 4. The van der Waals surface area contributed by atoms with E-state index in [-0.39, 0.29) is 63.0 Å². The van der Waals surface area contributed by atoms with Gasteiger partial charge in [0.2, 0.25) is 11.8 Å². The maximum Gasteiger partial charge on any atom is 0.407 e. The summed E-state index contributed by atoms with van der Waals surface area (Å²) in [6, 6.07) is 15.3. The first-order valence-electron chi connectivity index (χ1n) is 18.4. The van der Waals surface area contributed by atoms with E-state index >= 15 is 0 Å². The molecular formula is C41H50N4O6. The van der Waals surface area contributed by atoms with Crippen molar-refractivity contribution in [1.82, 2.24) is 15.5 Å². The molecule has 5 rings (SSSR count). The fourth-order valence-corrected chi connectivity index (χ4v) is 6.53. The van der Waals surface area contributed by atoms with Crippen molar-refractivity contribution < 1.29 is 28.7 Å². The van der Waals surface area contributed by atoms with Gasteiger partial charge in [0.05, 0.1) is 12.2 Å². The van der Waals surface area contributed by atoms with Crippen LogP contribution in [0.4, 0.5) is 15.3 Å². The van der Waals surface area contributed by atoms with Gasteiger partial charge in [-0.15, -0.1) is 0 Å². The van der Waals surface area contributed by atoms with E-state index in [1.165, 1.54) is 0 Å². The van der Waals surface area contributed by atoms with Crippen LogP contribution < -0.4 is 15.5 Å². The van der Waals surface area contributed by atoms with Crippen LogP contribution >= 0.6 is 0 Å². The number of ether oxygens (including phenoxy) is 2. The lowest BCUT2D eigenvalue weighted by atomic mass is 10.0. The average Bonchev–Trinajstić information content (AvgIpc) is 3.09. The van der Waals surface area contributed by atoms with Crippen molar-refractivity contribution in [3.63, 3.8) is 0 Å². The molecular weight excluding hydrogens is 644 g/mol. The second kappa shape index (κ2) is 20.0. The zero-order valence-electron chi connectivity index (χ0n) is 29.4. The largest absolute Gasteiger partial charge is 0.446 e. The molecule has 0 fully saturated rings. The number of fused-ring (bicyclic) bond motifs is 2. The van der Waals surface area contributed by atoms with E-state index in [0.29, 0.717) is 12.2 Å². The Kier molecular flexibility index (Phi) is 14.6. The number of anilines is 1. The van der Waals surface area contributed by atoms with Crippen LogP contribution in [-0.2, 0) is 25.6 Å². The highest BCUT2D eigenvalue weighted by atomic mass is 16.6. The van der Waals surface area contributed by atoms with E-state index in [0.717, 1.165) is 80.9 Å². The third-order valence-electron chi connectivity index (χ3n) is 9.37. The van der Waals surface area contributed by atoms with E-state index in [1.807, 2.05) is 48.5 Å². The molecule has 2 aromatic rings. The van der Waals surface area contributed by atoms with Crippen molar-refractivity contribution in [1.29, 1.82) is 0 Å². The molecule has 0 spiro atoms. The molecule has 2 unspecified atom stereocenters. The molecule has 10 heteroatoms. The summed E-state index contributed by atoms with van der Waals surface area (Å²) in [4.78, 5) is 56.0. The van der Waals surface area contributed by atoms with Crippen LogP contribution in [0, 0.1) is 11.8 Å².